The molecule has 1 aliphatic rings. The highest BCUT2D eigenvalue weighted by Gasteiger charge is 2.36. The van der Waals surface area contributed by atoms with E-state index < -0.39 is 23.4 Å². The fourth-order valence-corrected chi connectivity index (χ4v) is 2.31. The summed E-state index contributed by atoms with van der Waals surface area (Å²) in [5.41, 5.74) is -1.37. The molecule has 1 aliphatic heterocycles. The number of methoxy groups -OCH3 is 1. The predicted molar refractivity (Wildman–Crippen MR) is 79.3 cm³/mol. The molecule has 0 bridgehead atoms. The topological polar surface area (TPSA) is 93.9 Å². The number of halogens is 3. The van der Waals surface area contributed by atoms with Crippen LogP contribution in [0.4, 0.5) is 25.1 Å². The van der Waals surface area contributed by atoms with Crippen molar-refractivity contribution >= 4 is 23.5 Å². The third kappa shape index (κ3) is 3.57. The molecule has 0 aliphatic carbocycles. The fourth-order valence-electron chi connectivity index (χ4n) is 2.31. The Morgan fingerprint density at radius 3 is 2.72 bits per heavy atom. The van der Waals surface area contributed by atoms with E-state index in [1.807, 2.05) is 0 Å². The van der Waals surface area contributed by atoms with Crippen molar-refractivity contribution in [2.24, 2.45) is 0 Å². The van der Waals surface area contributed by atoms with E-state index in [9.17, 15) is 18.0 Å². The maximum atomic E-state index is 13.2. The Morgan fingerprint density at radius 2 is 2.08 bits per heavy atom. The van der Waals surface area contributed by atoms with E-state index in [-0.39, 0.29) is 18.4 Å². The molecule has 0 spiro atoms. The van der Waals surface area contributed by atoms with Gasteiger partial charge >= 0.3 is 12.1 Å². The van der Waals surface area contributed by atoms with Crippen molar-refractivity contribution < 1.29 is 27.4 Å². The average Bonchev–Trinajstić information content (AvgIpc) is 3.04. The molecule has 0 aromatic carbocycles. The van der Waals surface area contributed by atoms with Gasteiger partial charge in [-0.15, -0.1) is 0 Å². The number of ether oxygens (including phenoxy) is 2. The summed E-state index contributed by atoms with van der Waals surface area (Å²) in [5.74, 6) is -0.524. The van der Waals surface area contributed by atoms with Gasteiger partial charge in [-0.2, -0.15) is 32.8 Å². The molecule has 3 rings (SSSR count). The number of carbonyl (C=O) groups excluding carboxylic acids is 1. The van der Waals surface area contributed by atoms with Crippen molar-refractivity contribution in [2.75, 3.05) is 50.2 Å². The Balaban J connectivity index is 2.05. The van der Waals surface area contributed by atoms with Crippen LogP contribution in [-0.2, 0) is 20.4 Å². The number of nitrogens with one attached hydrogen (secondary N) is 1. The molecule has 0 amide bonds. The smallest absolute Gasteiger partial charge is 0.421 e. The molecule has 0 saturated carbocycles. The number of hydrogen-bond donors (Lipinski definition) is 1. The van der Waals surface area contributed by atoms with Gasteiger partial charge in [0.25, 0.3) is 0 Å². The van der Waals surface area contributed by atoms with Crippen molar-refractivity contribution in [3.05, 3.63) is 11.8 Å². The Hall–Kier alpha value is -2.63. The SMILES string of the molecule is COC(=O)CNc1nc(N2CCOCC2)nc2c(C(F)(F)F)cnn12. The molecule has 1 saturated heterocycles. The highest BCUT2D eigenvalue weighted by atomic mass is 19.4. The second-order valence-corrected chi connectivity index (χ2v) is 5.17. The van der Waals surface area contributed by atoms with Gasteiger partial charge in [0.1, 0.15) is 12.1 Å². The van der Waals surface area contributed by atoms with Gasteiger partial charge in [0.15, 0.2) is 5.65 Å². The lowest BCUT2D eigenvalue weighted by Crippen LogP contribution is -2.37. The van der Waals surface area contributed by atoms with Gasteiger partial charge in [-0.1, -0.05) is 0 Å². The Morgan fingerprint density at radius 1 is 1.36 bits per heavy atom. The first kappa shape index (κ1) is 17.2. The third-order valence-electron chi connectivity index (χ3n) is 3.57. The molecule has 1 fully saturated rings. The third-order valence-corrected chi connectivity index (χ3v) is 3.57. The molecule has 0 unspecified atom stereocenters. The largest absolute Gasteiger partial charge is 0.468 e. The summed E-state index contributed by atoms with van der Waals surface area (Å²) in [5, 5.41) is 6.32. The van der Waals surface area contributed by atoms with E-state index in [1.54, 1.807) is 4.90 Å². The van der Waals surface area contributed by atoms with Crippen LogP contribution in [-0.4, -0.2) is 65.5 Å². The number of carbonyl (C=O) groups is 1. The summed E-state index contributed by atoms with van der Waals surface area (Å²) in [6, 6.07) is 0. The van der Waals surface area contributed by atoms with Gasteiger partial charge in [-0.05, 0) is 0 Å². The van der Waals surface area contributed by atoms with Crippen LogP contribution in [0.15, 0.2) is 6.20 Å². The summed E-state index contributed by atoms with van der Waals surface area (Å²) in [6.07, 6.45) is -3.94. The van der Waals surface area contributed by atoms with Crippen LogP contribution in [0.5, 0.6) is 0 Å². The molecular weight excluding hydrogens is 345 g/mol. The van der Waals surface area contributed by atoms with Gasteiger partial charge < -0.3 is 19.7 Å². The minimum absolute atomic E-state index is 0.0348. The lowest BCUT2D eigenvalue weighted by molar-refractivity contribution is -0.138. The Labute approximate surface area is 139 Å². The summed E-state index contributed by atoms with van der Waals surface area (Å²) in [7, 11) is 1.20. The Kier molecular flexibility index (Phi) is 4.61. The second-order valence-electron chi connectivity index (χ2n) is 5.17. The molecule has 0 atom stereocenters. The fraction of sp³-hybridized carbons (Fsp3) is 0.538. The quantitative estimate of drug-likeness (QED) is 0.791. The van der Waals surface area contributed by atoms with E-state index in [0.29, 0.717) is 32.5 Å². The number of hydrogen-bond acceptors (Lipinski definition) is 8. The van der Waals surface area contributed by atoms with E-state index in [0.717, 1.165) is 4.52 Å². The highest BCUT2D eigenvalue weighted by molar-refractivity contribution is 5.74. The minimum atomic E-state index is -4.61. The molecule has 12 heteroatoms. The predicted octanol–water partition coefficient (Wildman–Crippen LogP) is 0.565. The van der Waals surface area contributed by atoms with E-state index in [4.69, 9.17) is 4.74 Å². The molecule has 2 aromatic rings. The molecule has 0 radical (unpaired) electrons. The normalized spacial score (nSPS) is 15.4. The lowest BCUT2D eigenvalue weighted by Gasteiger charge is -2.27. The average molecular weight is 360 g/mol. The first-order valence-corrected chi connectivity index (χ1v) is 7.36. The van der Waals surface area contributed by atoms with Crippen molar-refractivity contribution in [3.63, 3.8) is 0 Å². The van der Waals surface area contributed by atoms with Gasteiger partial charge in [0.05, 0.1) is 26.5 Å². The second kappa shape index (κ2) is 6.70. The zero-order valence-corrected chi connectivity index (χ0v) is 13.2. The van der Waals surface area contributed by atoms with Crippen LogP contribution in [0, 0.1) is 0 Å². The summed E-state index contributed by atoms with van der Waals surface area (Å²) in [6.45, 7) is 1.46. The number of fused-ring (bicyclic) bond motifs is 1. The first-order valence-electron chi connectivity index (χ1n) is 7.36. The van der Waals surface area contributed by atoms with Gasteiger partial charge in [0.2, 0.25) is 11.9 Å². The maximum Gasteiger partial charge on any atom is 0.421 e. The van der Waals surface area contributed by atoms with Crippen LogP contribution in [0.25, 0.3) is 5.65 Å². The van der Waals surface area contributed by atoms with Crippen molar-refractivity contribution in [1.29, 1.82) is 0 Å². The lowest BCUT2D eigenvalue weighted by atomic mass is 10.3. The van der Waals surface area contributed by atoms with E-state index in [2.05, 4.69) is 25.1 Å². The molecule has 2 aromatic heterocycles. The number of rotatable bonds is 4. The van der Waals surface area contributed by atoms with Crippen LogP contribution in [0.2, 0.25) is 0 Å². The van der Waals surface area contributed by atoms with Gasteiger partial charge in [0, 0.05) is 13.1 Å². The van der Waals surface area contributed by atoms with Crippen molar-refractivity contribution in [3.8, 4) is 0 Å². The number of morpholine rings is 1. The minimum Gasteiger partial charge on any atom is -0.468 e. The summed E-state index contributed by atoms with van der Waals surface area (Å²) >= 11 is 0. The molecular formula is C13H15F3N6O3. The van der Waals surface area contributed by atoms with Gasteiger partial charge in [-0.3, -0.25) is 4.79 Å². The van der Waals surface area contributed by atoms with Gasteiger partial charge in [-0.25, -0.2) is 0 Å². The zero-order valence-electron chi connectivity index (χ0n) is 13.2. The van der Waals surface area contributed by atoms with Crippen LogP contribution >= 0.6 is 0 Å². The number of esters is 1. The molecule has 9 nitrogen and oxygen atoms in total. The summed E-state index contributed by atoms with van der Waals surface area (Å²) in [4.78, 5) is 21.2. The van der Waals surface area contributed by atoms with Crippen molar-refractivity contribution in [1.82, 2.24) is 19.6 Å². The monoisotopic (exact) mass is 360 g/mol. The molecule has 25 heavy (non-hydrogen) atoms. The zero-order chi connectivity index (χ0) is 18.0. The highest BCUT2D eigenvalue weighted by Crippen LogP contribution is 2.33. The van der Waals surface area contributed by atoms with Crippen LogP contribution in [0.3, 0.4) is 0 Å². The first-order chi connectivity index (χ1) is 11.9. The van der Waals surface area contributed by atoms with Crippen molar-refractivity contribution in [2.45, 2.75) is 6.18 Å². The number of aromatic nitrogens is 4. The standard InChI is InChI=1S/C13H15F3N6O3/c1-24-9(23)7-17-11-20-12(21-2-4-25-5-3-21)19-10-8(13(14,15)16)6-18-22(10)11/h6H,2-5,7H2,1H3,(H,17,19,20). The molecule has 136 valence electrons. The molecule has 1 N–H and O–H groups in total. The number of nitrogens with zero attached hydrogens (tertiary/aromatic N) is 5. The van der Waals surface area contributed by atoms with Crippen LogP contribution < -0.4 is 10.2 Å². The number of alkyl halides is 3. The van der Waals surface area contributed by atoms with E-state index in [1.165, 1.54) is 7.11 Å². The Bertz CT molecular complexity index is 772. The number of anilines is 2. The van der Waals surface area contributed by atoms with Crippen LogP contribution in [0.1, 0.15) is 5.56 Å². The maximum absolute atomic E-state index is 13.2. The molecule has 3 heterocycles. The summed E-state index contributed by atoms with van der Waals surface area (Å²) < 4.78 is 50.2. The van der Waals surface area contributed by atoms with E-state index >= 15 is 0 Å².